The molecule has 0 aromatic carbocycles. The van der Waals surface area contributed by atoms with Crippen molar-refractivity contribution in [3.8, 4) is 0 Å². The largest absolute Gasteiger partial charge is 0.462 e. The number of fused-ring (bicyclic) bond motifs is 1. The van der Waals surface area contributed by atoms with Crippen LogP contribution < -0.4 is 5.32 Å². The van der Waals surface area contributed by atoms with Crippen molar-refractivity contribution in [2.24, 2.45) is 0 Å². The smallest absolute Gasteiger partial charge is 0.253 e. The average molecular weight is 410 g/mol. The normalized spacial score (nSPS) is 15.4. The summed E-state index contributed by atoms with van der Waals surface area (Å²) in [6.07, 6.45) is 3.99. The van der Waals surface area contributed by atoms with Crippen molar-refractivity contribution in [2.75, 3.05) is 20.2 Å². The number of carbonyl (C=O) groups excluding carboxylic acids is 1. The van der Waals surface area contributed by atoms with Crippen LogP contribution in [0.3, 0.4) is 0 Å². The molecule has 1 N–H and O–H groups in total. The highest BCUT2D eigenvalue weighted by Crippen LogP contribution is 2.18. The van der Waals surface area contributed by atoms with Gasteiger partial charge in [0.2, 0.25) is 0 Å². The van der Waals surface area contributed by atoms with Gasteiger partial charge in [-0.2, -0.15) is 0 Å². The summed E-state index contributed by atoms with van der Waals surface area (Å²) in [6, 6.07) is 7.18. The molecule has 3 aromatic rings. The standard InChI is InChI=1S/C21H26N6O3/c1-15(23-21(28)16-4-3-8-22-12-16)20-25-24-19-7-9-26(10-11-27(19)20)13-17-5-6-18(30-17)14-29-2/h3-6,8,12,15H,7,9-11,13-14H2,1-2H3,(H,23,28). The summed E-state index contributed by atoms with van der Waals surface area (Å²) >= 11 is 0. The summed E-state index contributed by atoms with van der Waals surface area (Å²) < 4.78 is 13.1. The molecule has 1 aliphatic rings. The lowest BCUT2D eigenvalue weighted by Crippen LogP contribution is -2.30. The summed E-state index contributed by atoms with van der Waals surface area (Å²) in [5.74, 6) is 3.30. The Morgan fingerprint density at radius 3 is 2.90 bits per heavy atom. The fourth-order valence-electron chi connectivity index (χ4n) is 3.66. The Hall–Kier alpha value is -3.04. The van der Waals surface area contributed by atoms with E-state index in [4.69, 9.17) is 9.15 Å². The number of nitrogens with zero attached hydrogens (tertiary/aromatic N) is 5. The van der Waals surface area contributed by atoms with Gasteiger partial charge in [0.1, 0.15) is 24.0 Å². The summed E-state index contributed by atoms with van der Waals surface area (Å²) in [5, 5.41) is 11.7. The van der Waals surface area contributed by atoms with Gasteiger partial charge in [-0.1, -0.05) is 0 Å². The maximum absolute atomic E-state index is 12.5. The molecular formula is C21H26N6O3. The van der Waals surface area contributed by atoms with E-state index in [0.29, 0.717) is 12.2 Å². The van der Waals surface area contributed by atoms with Crippen molar-refractivity contribution >= 4 is 5.91 Å². The molecule has 30 heavy (non-hydrogen) atoms. The third-order valence-electron chi connectivity index (χ3n) is 5.19. The minimum Gasteiger partial charge on any atom is -0.462 e. The number of hydrogen-bond donors (Lipinski definition) is 1. The van der Waals surface area contributed by atoms with Crippen LogP contribution in [0.4, 0.5) is 0 Å². The van der Waals surface area contributed by atoms with Crippen LogP contribution in [0.2, 0.25) is 0 Å². The highest BCUT2D eigenvalue weighted by atomic mass is 16.5. The van der Waals surface area contributed by atoms with Gasteiger partial charge in [-0.15, -0.1) is 10.2 Å². The number of ether oxygens (including phenoxy) is 1. The van der Waals surface area contributed by atoms with Crippen molar-refractivity contribution in [3.05, 3.63) is 65.4 Å². The molecule has 0 saturated heterocycles. The van der Waals surface area contributed by atoms with E-state index in [0.717, 1.165) is 55.8 Å². The Balaban J connectivity index is 1.39. The number of nitrogens with one attached hydrogen (secondary N) is 1. The topological polar surface area (TPSA) is 98.3 Å². The molecule has 0 aliphatic carbocycles. The second-order valence-corrected chi connectivity index (χ2v) is 7.39. The van der Waals surface area contributed by atoms with E-state index in [-0.39, 0.29) is 11.9 Å². The van der Waals surface area contributed by atoms with Crippen LogP contribution in [0, 0.1) is 0 Å². The molecule has 0 spiro atoms. The maximum Gasteiger partial charge on any atom is 0.253 e. The van der Waals surface area contributed by atoms with Crippen molar-refractivity contribution in [3.63, 3.8) is 0 Å². The molecule has 4 rings (SSSR count). The molecule has 0 radical (unpaired) electrons. The summed E-state index contributed by atoms with van der Waals surface area (Å²) in [7, 11) is 1.66. The summed E-state index contributed by atoms with van der Waals surface area (Å²) in [5.41, 5.74) is 0.525. The van der Waals surface area contributed by atoms with Crippen LogP contribution in [0.25, 0.3) is 0 Å². The van der Waals surface area contributed by atoms with Crippen LogP contribution in [-0.2, 0) is 30.9 Å². The molecule has 0 saturated carbocycles. The second kappa shape index (κ2) is 9.19. The Morgan fingerprint density at radius 2 is 2.10 bits per heavy atom. The maximum atomic E-state index is 12.5. The molecular weight excluding hydrogens is 384 g/mol. The highest BCUT2D eigenvalue weighted by Gasteiger charge is 2.23. The first-order valence-electron chi connectivity index (χ1n) is 10.1. The molecule has 9 nitrogen and oxygen atoms in total. The molecule has 3 aromatic heterocycles. The zero-order valence-corrected chi connectivity index (χ0v) is 17.2. The van der Waals surface area contributed by atoms with Crippen LogP contribution in [-0.4, -0.2) is 50.8 Å². The highest BCUT2D eigenvalue weighted by molar-refractivity contribution is 5.93. The van der Waals surface area contributed by atoms with Crippen molar-refractivity contribution in [1.29, 1.82) is 0 Å². The van der Waals surface area contributed by atoms with E-state index in [1.54, 1.807) is 31.6 Å². The van der Waals surface area contributed by atoms with Gasteiger partial charge in [-0.05, 0) is 31.2 Å². The molecule has 1 aliphatic heterocycles. The number of pyridine rings is 1. The minimum atomic E-state index is -0.257. The van der Waals surface area contributed by atoms with E-state index in [9.17, 15) is 4.79 Å². The number of amides is 1. The van der Waals surface area contributed by atoms with Gasteiger partial charge in [-0.25, -0.2) is 0 Å². The van der Waals surface area contributed by atoms with Gasteiger partial charge < -0.3 is 19.0 Å². The molecule has 1 atom stereocenters. The van der Waals surface area contributed by atoms with Gasteiger partial charge in [0.05, 0.1) is 18.2 Å². The third-order valence-corrected chi connectivity index (χ3v) is 5.19. The molecule has 9 heteroatoms. The van der Waals surface area contributed by atoms with E-state index < -0.39 is 0 Å². The van der Waals surface area contributed by atoms with Gasteiger partial charge in [0, 0.05) is 45.6 Å². The zero-order valence-electron chi connectivity index (χ0n) is 17.2. The first-order valence-corrected chi connectivity index (χ1v) is 10.1. The monoisotopic (exact) mass is 410 g/mol. The number of rotatable bonds is 7. The van der Waals surface area contributed by atoms with Crippen LogP contribution in [0.5, 0.6) is 0 Å². The van der Waals surface area contributed by atoms with Gasteiger partial charge >= 0.3 is 0 Å². The Bertz CT molecular complexity index is 984. The van der Waals surface area contributed by atoms with Gasteiger partial charge in [0.25, 0.3) is 5.91 Å². The SMILES string of the molecule is COCc1ccc(CN2CCc3nnc(C(C)NC(=O)c4cccnc4)n3CC2)o1. The fourth-order valence-corrected chi connectivity index (χ4v) is 3.66. The number of aromatic nitrogens is 4. The Labute approximate surface area is 175 Å². The third kappa shape index (κ3) is 4.58. The zero-order chi connectivity index (χ0) is 20.9. The minimum absolute atomic E-state index is 0.173. The number of hydrogen-bond acceptors (Lipinski definition) is 7. The first-order chi connectivity index (χ1) is 14.6. The Morgan fingerprint density at radius 1 is 1.23 bits per heavy atom. The molecule has 0 bridgehead atoms. The summed E-state index contributed by atoms with van der Waals surface area (Å²) in [4.78, 5) is 18.8. The molecule has 158 valence electrons. The number of carbonyl (C=O) groups is 1. The second-order valence-electron chi connectivity index (χ2n) is 7.39. The van der Waals surface area contributed by atoms with Crippen LogP contribution in [0.15, 0.2) is 41.1 Å². The number of methoxy groups -OCH3 is 1. The lowest BCUT2D eigenvalue weighted by molar-refractivity contribution is 0.0937. The van der Waals surface area contributed by atoms with Gasteiger partial charge in [0.15, 0.2) is 5.82 Å². The van der Waals surface area contributed by atoms with Crippen molar-refractivity contribution in [1.82, 2.24) is 30.0 Å². The van der Waals surface area contributed by atoms with E-state index in [2.05, 4.69) is 30.0 Å². The van der Waals surface area contributed by atoms with E-state index >= 15 is 0 Å². The molecule has 4 heterocycles. The lowest BCUT2D eigenvalue weighted by Gasteiger charge is -2.19. The van der Waals surface area contributed by atoms with Crippen LogP contribution >= 0.6 is 0 Å². The molecule has 1 amide bonds. The van der Waals surface area contributed by atoms with E-state index in [1.165, 1.54) is 0 Å². The predicted molar refractivity (Wildman–Crippen MR) is 109 cm³/mol. The quantitative estimate of drug-likeness (QED) is 0.636. The number of furan rings is 1. The fraction of sp³-hybridized carbons (Fsp3) is 0.429. The van der Waals surface area contributed by atoms with Crippen molar-refractivity contribution < 1.29 is 13.9 Å². The first kappa shape index (κ1) is 20.2. The van der Waals surface area contributed by atoms with Crippen LogP contribution in [0.1, 0.15) is 46.5 Å². The summed E-state index contributed by atoms with van der Waals surface area (Å²) in [6.45, 7) is 5.62. The van der Waals surface area contributed by atoms with Crippen molar-refractivity contribution in [2.45, 2.75) is 39.1 Å². The average Bonchev–Trinajstić information content (AvgIpc) is 3.32. The molecule has 0 fully saturated rings. The lowest BCUT2D eigenvalue weighted by atomic mass is 10.2. The van der Waals surface area contributed by atoms with Gasteiger partial charge in [-0.3, -0.25) is 14.7 Å². The Kier molecular flexibility index (Phi) is 6.20. The van der Waals surface area contributed by atoms with E-state index in [1.807, 2.05) is 19.1 Å². The molecule has 1 unspecified atom stereocenters. The predicted octanol–water partition coefficient (Wildman–Crippen LogP) is 1.96.